The topological polar surface area (TPSA) is 84.0 Å². The summed E-state index contributed by atoms with van der Waals surface area (Å²) in [5, 5.41) is 8.17. The molecule has 0 fully saturated rings. The van der Waals surface area contributed by atoms with Crippen molar-refractivity contribution in [3.63, 3.8) is 0 Å². The normalized spacial score (nSPS) is 12.4. The molecule has 2 heterocycles. The maximum Gasteiger partial charge on any atom is 0.209 e. The lowest BCUT2D eigenvalue weighted by Crippen LogP contribution is -2.47. The van der Waals surface area contributed by atoms with Crippen molar-refractivity contribution in [2.75, 3.05) is 18.1 Å². The molecule has 1 aromatic carbocycles. The number of anilines is 1. The van der Waals surface area contributed by atoms with E-state index in [-0.39, 0.29) is 0 Å². The number of nitrogens with one attached hydrogen (secondary N) is 2. The Morgan fingerprint density at radius 2 is 1.92 bits per heavy atom. The molecule has 6 nitrogen and oxygen atoms in total. The lowest BCUT2D eigenvalue weighted by Gasteiger charge is -2.26. The van der Waals surface area contributed by atoms with Gasteiger partial charge in [-0.15, -0.1) is 0 Å². The van der Waals surface area contributed by atoms with E-state index < -0.39 is 15.6 Å². The lowest BCUT2D eigenvalue weighted by molar-refractivity contribution is 0.476. The molecule has 0 saturated carbocycles. The number of rotatable bonds is 6. The van der Waals surface area contributed by atoms with Crippen LogP contribution in [-0.2, 0) is 10.0 Å². The third kappa shape index (κ3) is 4.53. The molecule has 3 aromatic rings. The first kappa shape index (κ1) is 17.8. The largest absolute Gasteiger partial charge is 0.368 e. The third-order valence-electron chi connectivity index (χ3n) is 3.54. The van der Waals surface area contributed by atoms with Gasteiger partial charge in [-0.2, -0.15) is 11.3 Å². The van der Waals surface area contributed by atoms with Gasteiger partial charge in [0.25, 0.3) is 0 Å². The van der Waals surface area contributed by atoms with Crippen LogP contribution in [0.1, 0.15) is 13.8 Å². The summed E-state index contributed by atoms with van der Waals surface area (Å²) in [5.41, 5.74) is 1.16. The molecule has 8 heteroatoms. The van der Waals surface area contributed by atoms with Gasteiger partial charge in [0.2, 0.25) is 10.0 Å². The predicted octanol–water partition coefficient (Wildman–Crippen LogP) is 3.10. The molecule has 0 aliphatic carbocycles. The SMILES string of the molecule is CC(C)(CNc1nc(-c2ccsc2)nc2ccccc12)NS(C)(=O)=O. The smallest absolute Gasteiger partial charge is 0.209 e. The van der Waals surface area contributed by atoms with Gasteiger partial charge in [0, 0.05) is 28.4 Å². The average molecular weight is 377 g/mol. The van der Waals surface area contributed by atoms with Gasteiger partial charge in [0.1, 0.15) is 5.82 Å². The number of hydrogen-bond donors (Lipinski definition) is 2. The van der Waals surface area contributed by atoms with Crippen LogP contribution >= 0.6 is 11.3 Å². The first-order valence-electron chi connectivity index (χ1n) is 7.76. The van der Waals surface area contributed by atoms with Gasteiger partial charge in [0.15, 0.2) is 5.82 Å². The van der Waals surface area contributed by atoms with Crippen molar-refractivity contribution in [2.24, 2.45) is 0 Å². The molecule has 2 N–H and O–H groups in total. The van der Waals surface area contributed by atoms with Gasteiger partial charge in [0.05, 0.1) is 11.8 Å². The molecule has 0 aliphatic heterocycles. The van der Waals surface area contributed by atoms with E-state index in [1.54, 1.807) is 11.3 Å². The second-order valence-corrected chi connectivity index (χ2v) is 9.07. The zero-order valence-electron chi connectivity index (χ0n) is 14.3. The maximum atomic E-state index is 11.5. The summed E-state index contributed by atoms with van der Waals surface area (Å²) in [5.74, 6) is 1.34. The predicted molar refractivity (Wildman–Crippen MR) is 103 cm³/mol. The third-order valence-corrected chi connectivity index (χ3v) is 5.15. The Morgan fingerprint density at radius 1 is 1.16 bits per heavy atom. The number of aromatic nitrogens is 2. The minimum atomic E-state index is -3.29. The lowest BCUT2D eigenvalue weighted by atomic mass is 10.1. The van der Waals surface area contributed by atoms with Crippen molar-refractivity contribution in [1.82, 2.24) is 14.7 Å². The summed E-state index contributed by atoms with van der Waals surface area (Å²) in [6.07, 6.45) is 1.16. The first-order chi connectivity index (χ1) is 11.7. The summed E-state index contributed by atoms with van der Waals surface area (Å²) >= 11 is 1.59. The minimum Gasteiger partial charge on any atom is -0.368 e. The van der Waals surface area contributed by atoms with E-state index in [4.69, 9.17) is 0 Å². The van der Waals surface area contributed by atoms with Crippen LogP contribution in [0.3, 0.4) is 0 Å². The fourth-order valence-electron chi connectivity index (χ4n) is 2.57. The molecule has 2 aromatic heterocycles. The molecule has 0 radical (unpaired) electrons. The van der Waals surface area contributed by atoms with Crippen molar-refractivity contribution in [3.05, 3.63) is 41.1 Å². The number of nitrogens with zero attached hydrogens (tertiary/aromatic N) is 2. The quantitative estimate of drug-likeness (QED) is 0.691. The summed E-state index contributed by atoms with van der Waals surface area (Å²) < 4.78 is 25.7. The molecule has 0 atom stereocenters. The Hall–Kier alpha value is -2.03. The second-order valence-electron chi connectivity index (χ2n) is 6.54. The van der Waals surface area contributed by atoms with E-state index in [0.29, 0.717) is 18.2 Å². The van der Waals surface area contributed by atoms with Gasteiger partial charge >= 0.3 is 0 Å². The highest BCUT2D eigenvalue weighted by molar-refractivity contribution is 7.88. The Bertz CT molecular complexity index is 983. The molecule has 0 bridgehead atoms. The van der Waals surface area contributed by atoms with Crippen molar-refractivity contribution < 1.29 is 8.42 Å². The van der Waals surface area contributed by atoms with Gasteiger partial charge in [-0.25, -0.2) is 23.1 Å². The van der Waals surface area contributed by atoms with Crippen LogP contribution in [0.25, 0.3) is 22.3 Å². The molecule has 25 heavy (non-hydrogen) atoms. The highest BCUT2D eigenvalue weighted by atomic mass is 32.2. The zero-order chi connectivity index (χ0) is 18.1. The van der Waals surface area contributed by atoms with E-state index in [0.717, 1.165) is 22.7 Å². The van der Waals surface area contributed by atoms with E-state index in [1.165, 1.54) is 0 Å². The van der Waals surface area contributed by atoms with Crippen LogP contribution in [0.4, 0.5) is 5.82 Å². The van der Waals surface area contributed by atoms with E-state index >= 15 is 0 Å². The van der Waals surface area contributed by atoms with Crippen LogP contribution in [0.2, 0.25) is 0 Å². The standard InChI is InChI=1S/C17H20N4O2S2/c1-17(2,21-25(3,22)23)11-18-16-13-6-4-5-7-14(13)19-15(20-16)12-8-9-24-10-12/h4-10,21H,11H2,1-3H3,(H,18,19,20). The molecule has 0 amide bonds. The van der Waals surface area contributed by atoms with Crippen LogP contribution in [-0.4, -0.2) is 36.7 Å². The van der Waals surface area contributed by atoms with Gasteiger partial charge < -0.3 is 5.32 Å². The molecule has 0 spiro atoms. The molecule has 3 rings (SSSR count). The molecular weight excluding hydrogens is 356 g/mol. The second kappa shape index (κ2) is 6.70. The summed E-state index contributed by atoms with van der Waals surface area (Å²) in [7, 11) is -3.29. The number of hydrogen-bond acceptors (Lipinski definition) is 6. The van der Waals surface area contributed by atoms with Crippen molar-refractivity contribution in [3.8, 4) is 11.4 Å². The highest BCUT2D eigenvalue weighted by Crippen LogP contribution is 2.26. The van der Waals surface area contributed by atoms with Crippen LogP contribution < -0.4 is 10.0 Å². The fourth-order valence-corrected chi connectivity index (χ4v) is 4.29. The van der Waals surface area contributed by atoms with Crippen molar-refractivity contribution in [2.45, 2.75) is 19.4 Å². The monoisotopic (exact) mass is 376 g/mol. The molecule has 0 aliphatic rings. The number of para-hydroxylation sites is 1. The van der Waals surface area contributed by atoms with Crippen LogP contribution in [0.5, 0.6) is 0 Å². The first-order valence-corrected chi connectivity index (χ1v) is 10.6. The molecule has 0 unspecified atom stereocenters. The Balaban J connectivity index is 1.95. The van der Waals surface area contributed by atoms with Gasteiger partial charge in [-0.1, -0.05) is 12.1 Å². The summed E-state index contributed by atoms with van der Waals surface area (Å²) in [6, 6.07) is 9.74. The minimum absolute atomic E-state index is 0.393. The fraction of sp³-hybridized carbons (Fsp3) is 0.294. The van der Waals surface area contributed by atoms with Crippen molar-refractivity contribution >= 4 is 38.1 Å². The Labute approximate surface area is 151 Å². The van der Waals surface area contributed by atoms with E-state index in [2.05, 4.69) is 20.0 Å². The number of thiophene rings is 1. The zero-order valence-corrected chi connectivity index (χ0v) is 15.9. The molecule has 0 saturated heterocycles. The van der Waals surface area contributed by atoms with Crippen LogP contribution in [0, 0.1) is 0 Å². The Kier molecular flexibility index (Phi) is 4.77. The Morgan fingerprint density at radius 3 is 2.60 bits per heavy atom. The van der Waals surface area contributed by atoms with E-state index in [1.807, 2.05) is 54.9 Å². The summed E-state index contributed by atoms with van der Waals surface area (Å²) in [6.45, 7) is 4.04. The average Bonchev–Trinajstić information content (AvgIpc) is 3.04. The maximum absolute atomic E-state index is 11.5. The molecular formula is C17H20N4O2S2. The molecule has 132 valence electrons. The number of benzene rings is 1. The van der Waals surface area contributed by atoms with Gasteiger partial charge in [-0.05, 0) is 37.4 Å². The van der Waals surface area contributed by atoms with Crippen molar-refractivity contribution in [1.29, 1.82) is 0 Å². The number of fused-ring (bicyclic) bond motifs is 1. The summed E-state index contributed by atoms with van der Waals surface area (Å²) in [4.78, 5) is 9.28. The number of sulfonamides is 1. The van der Waals surface area contributed by atoms with Crippen LogP contribution in [0.15, 0.2) is 41.1 Å². The van der Waals surface area contributed by atoms with Gasteiger partial charge in [-0.3, -0.25) is 0 Å². The highest BCUT2D eigenvalue weighted by Gasteiger charge is 2.22. The van der Waals surface area contributed by atoms with E-state index in [9.17, 15) is 8.42 Å².